The van der Waals surface area contributed by atoms with Crippen LogP contribution in [0.3, 0.4) is 0 Å². The molecule has 2 rings (SSSR count). The highest BCUT2D eigenvalue weighted by Crippen LogP contribution is 2.34. The number of thiophene rings is 1. The van der Waals surface area contributed by atoms with Crippen molar-refractivity contribution >= 4 is 17.2 Å². The molecule has 3 N–H and O–H groups in total. The predicted molar refractivity (Wildman–Crippen MR) is 76.1 cm³/mol. The molecule has 1 aromatic heterocycles. The molecule has 0 saturated carbocycles. The number of aryl methyl sites for hydroxylation is 1. The summed E-state index contributed by atoms with van der Waals surface area (Å²) < 4.78 is 0. The molecule has 0 radical (unpaired) electrons. The van der Waals surface area contributed by atoms with Gasteiger partial charge in [0.2, 0.25) is 0 Å². The molecule has 0 unspecified atom stereocenters. The number of rotatable bonds is 2. The lowest BCUT2D eigenvalue weighted by molar-refractivity contribution is 0.0923. The molecule has 0 atom stereocenters. The molecule has 0 aromatic carbocycles. The maximum atomic E-state index is 12.3. The normalized spacial score (nSPS) is 15.3. The highest BCUT2D eigenvalue weighted by Gasteiger charge is 2.25. The minimum Gasteiger partial charge on any atom is -0.347 e. The van der Waals surface area contributed by atoms with E-state index in [4.69, 9.17) is 5.73 Å². The fraction of sp³-hybridized carbons (Fsp3) is 0.643. The van der Waals surface area contributed by atoms with E-state index in [1.165, 1.54) is 23.3 Å². The van der Waals surface area contributed by atoms with Crippen LogP contribution in [0.2, 0.25) is 0 Å². The summed E-state index contributed by atoms with van der Waals surface area (Å²) in [6.07, 6.45) is 4.64. The average molecular weight is 266 g/mol. The van der Waals surface area contributed by atoms with Crippen LogP contribution in [0.25, 0.3) is 0 Å². The fourth-order valence-corrected chi connectivity index (χ4v) is 3.74. The molecular weight excluding hydrogens is 244 g/mol. The van der Waals surface area contributed by atoms with E-state index in [9.17, 15) is 4.79 Å². The molecule has 0 aliphatic heterocycles. The summed E-state index contributed by atoms with van der Waals surface area (Å²) in [5.74, 6) is 0.0300. The Kier molecular flexibility index (Phi) is 3.78. The van der Waals surface area contributed by atoms with Crippen LogP contribution in [0, 0.1) is 0 Å². The van der Waals surface area contributed by atoms with Gasteiger partial charge in [-0.05, 0) is 57.6 Å². The molecule has 1 aliphatic rings. The second kappa shape index (κ2) is 5.02. The summed E-state index contributed by atoms with van der Waals surface area (Å²) >= 11 is 1.64. The molecular formula is C14H22N2OS. The summed E-state index contributed by atoms with van der Waals surface area (Å²) in [7, 11) is 0. The summed E-state index contributed by atoms with van der Waals surface area (Å²) in [4.78, 5) is 14.5. The zero-order valence-corrected chi connectivity index (χ0v) is 12.2. The molecule has 1 aromatic rings. The molecule has 100 valence electrons. The molecule has 0 spiro atoms. The van der Waals surface area contributed by atoms with Gasteiger partial charge in [-0.3, -0.25) is 4.79 Å². The lowest BCUT2D eigenvalue weighted by atomic mass is 9.94. The van der Waals surface area contributed by atoms with E-state index in [0.29, 0.717) is 6.54 Å². The Labute approximate surface area is 113 Å². The van der Waals surface area contributed by atoms with Crippen LogP contribution in [-0.4, -0.2) is 11.4 Å². The topological polar surface area (TPSA) is 55.1 Å². The average Bonchev–Trinajstić information content (AvgIpc) is 2.65. The second-order valence-corrected chi connectivity index (χ2v) is 7.03. The third-order valence-corrected chi connectivity index (χ3v) is 4.51. The lowest BCUT2D eigenvalue weighted by Crippen LogP contribution is -2.40. The lowest BCUT2D eigenvalue weighted by Gasteiger charge is -2.20. The third kappa shape index (κ3) is 2.75. The molecule has 1 amide bonds. The van der Waals surface area contributed by atoms with Crippen molar-refractivity contribution in [2.45, 2.75) is 58.5 Å². The Balaban J connectivity index is 2.33. The van der Waals surface area contributed by atoms with Crippen LogP contribution in [0.1, 0.15) is 59.3 Å². The third-order valence-electron chi connectivity index (χ3n) is 3.18. The summed E-state index contributed by atoms with van der Waals surface area (Å²) in [6.45, 7) is 6.47. The molecule has 18 heavy (non-hydrogen) atoms. The van der Waals surface area contributed by atoms with Crippen molar-refractivity contribution in [1.29, 1.82) is 0 Å². The number of amides is 1. The van der Waals surface area contributed by atoms with Crippen LogP contribution >= 0.6 is 11.3 Å². The zero-order chi connectivity index (χ0) is 13.3. The second-order valence-electron chi connectivity index (χ2n) is 5.93. The molecule has 3 nitrogen and oxygen atoms in total. The number of nitrogens with one attached hydrogen (secondary N) is 1. The Bertz CT molecular complexity index is 457. The van der Waals surface area contributed by atoms with Crippen LogP contribution in [0.4, 0.5) is 0 Å². The van der Waals surface area contributed by atoms with Gasteiger partial charge in [-0.25, -0.2) is 0 Å². The first-order chi connectivity index (χ1) is 8.42. The number of hydrogen-bond acceptors (Lipinski definition) is 3. The van der Waals surface area contributed by atoms with Crippen molar-refractivity contribution in [2.24, 2.45) is 5.73 Å². The summed E-state index contributed by atoms with van der Waals surface area (Å²) in [5, 5.41) is 3.04. The number of nitrogens with two attached hydrogens (primary N) is 1. The molecule has 1 heterocycles. The highest BCUT2D eigenvalue weighted by atomic mass is 32.1. The van der Waals surface area contributed by atoms with Gasteiger partial charge in [0, 0.05) is 17.0 Å². The first-order valence-electron chi connectivity index (χ1n) is 6.58. The van der Waals surface area contributed by atoms with Crippen LogP contribution in [0.5, 0.6) is 0 Å². The van der Waals surface area contributed by atoms with E-state index in [-0.39, 0.29) is 11.4 Å². The van der Waals surface area contributed by atoms with Gasteiger partial charge in [-0.2, -0.15) is 0 Å². The first kappa shape index (κ1) is 13.6. The standard InChI is InChI=1S/C14H22N2OS/c1-14(2,3)16-13(17)12-10(8-15)9-6-4-5-7-11(9)18-12/h4-8,15H2,1-3H3,(H,16,17). The van der Waals surface area contributed by atoms with Crippen LogP contribution < -0.4 is 11.1 Å². The summed E-state index contributed by atoms with van der Waals surface area (Å²) in [6, 6.07) is 0. The van der Waals surface area contributed by atoms with Crippen LogP contribution in [0.15, 0.2) is 0 Å². The van der Waals surface area contributed by atoms with Crippen molar-refractivity contribution in [3.05, 3.63) is 20.9 Å². The van der Waals surface area contributed by atoms with E-state index >= 15 is 0 Å². The highest BCUT2D eigenvalue weighted by molar-refractivity contribution is 7.14. The number of fused-ring (bicyclic) bond motifs is 1. The minimum atomic E-state index is -0.201. The van der Waals surface area contributed by atoms with E-state index in [1.807, 2.05) is 20.8 Å². The Morgan fingerprint density at radius 2 is 2.00 bits per heavy atom. The van der Waals surface area contributed by atoms with Crippen molar-refractivity contribution in [3.8, 4) is 0 Å². The van der Waals surface area contributed by atoms with Gasteiger partial charge < -0.3 is 11.1 Å². The molecule has 0 bridgehead atoms. The first-order valence-corrected chi connectivity index (χ1v) is 7.40. The Hall–Kier alpha value is -0.870. The molecule has 4 heteroatoms. The quantitative estimate of drug-likeness (QED) is 0.864. The van der Waals surface area contributed by atoms with Crippen molar-refractivity contribution in [3.63, 3.8) is 0 Å². The van der Waals surface area contributed by atoms with Gasteiger partial charge >= 0.3 is 0 Å². The largest absolute Gasteiger partial charge is 0.347 e. The minimum absolute atomic E-state index is 0.0300. The predicted octanol–water partition coefficient (Wildman–Crippen LogP) is 2.61. The van der Waals surface area contributed by atoms with Gasteiger partial charge in [0.1, 0.15) is 0 Å². The fourth-order valence-electron chi connectivity index (χ4n) is 2.43. The Morgan fingerprint density at radius 1 is 1.33 bits per heavy atom. The van der Waals surface area contributed by atoms with Gasteiger partial charge in [0.25, 0.3) is 5.91 Å². The maximum Gasteiger partial charge on any atom is 0.262 e. The van der Waals surface area contributed by atoms with Gasteiger partial charge in [0.05, 0.1) is 4.88 Å². The van der Waals surface area contributed by atoms with Gasteiger partial charge in [0.15, 0.2) is 0 Å². The zero-order valence-electron chi connectivity index (χ0n) is 11.4. The monoisotopic (exact) mass is 266 g/mol. The van der Waals surface area contributed by atoms with Crippen molar-refractivity contribution in [1.82, 2.24) is 5.32 Å². The smallest absolute Gasteiger partial charge is 0.262 e. The van der Waals surface area contributed by atoms with Crippen molar-refractivity contribution < 1.29 is 4.79 Å². The number of carbonyl (C=O) groups is 1. The van der Waals surface area contributed by atoms with Gasteiger partial charge in [-0.1, -0.05) is 0 Å². The molecule has 1 aliphatic carbocycles. The maximum absolute atomic E-state index is 12.3. The van der Waals surface area contributed by atoms with E-state index < -0.39 is 0 Å². The number of hydrogen-bond donors (Lipinski definition) is 2. The number of carbonyl (C=O) groups excluding carboxylic acids is 1. The Morgan fingerprint density at radius 3 is 2.61 bits per heavy atom. The van der Waals surface area contributed by atoms with Gasteiger partial charge in [-0.15, -0.1) is 11.3 Å². The molecule has 0 fully saturated rings. The van der Waals surface area contributed by atoms with E-state index in [0.717, 1.165) is 23.3 Å². The summed E-state index contributed by atoms with van der Waals surface area (Å²) in [5.41, 5.74) is 8.08. The van der Waals surface area contributed by atoms with E-state index in [2.05, 4.69) is 5.32 Å². The van der Waals surface area contributed by atoms with Crippen LogP contribution in [-0.2, 0) is 19.4 Å². The van der Waals surface area contributed by atoms with E-state index in [1.54, 1.807) is 11.3 Å². The van der Waals surface area contributed by atoms with Crippen molar-refractivity contribution in [2.75, 3.05) is 0 Å². The molecule has 0 saturated heterocycles. The SMILES string of the molecule is CC(C)(C)NC(=O)c1sc2c(c1CN)CCCC2.